The number of benzene rings is 4. The maximum absolute atomic E-state index is 13.8. The number of piperazine rings is 1. The lowest BCUT2D eigenvalue weighted by molar-refractivity contribution is 0.0506. The van der Waals surface area contributed by atoms with Crippen molar-refractivity contribution in [1.82, 2.24) is 14.1 Å². The molecule has 2 fully saturated rings. The fourth-order valence-electron chi connectivity index (χ4n) is 5.93. The van der Waals surface area contributed by atoms with Crippen LogP contribution < -0.4 is 0 Å². The van der Waals surface area contributed by atoms with Crippen LogP contribution in [0.25, 0.3) is 21.5 Å². The number of nitrogens with zero attached hydrogens (tertiary/aromatic N) is 3. The average molecular weight is 548 g/mol. The van der Waals surface area contributed by atoms with Gasteiger partial charge >= 0.3 is 0 Å². The van der Waals surface area contributed by atoms with E-state index in [2.05, 4.69) is 23.1 Å². The van der Waals surface area contributed by atoms with Gasteiger partial charge < -0.3 is 4.90 Å². The Kier molecular flexibility index (Phi) is 6.86. The Bertz CT molecular complexity index is 1550. The molecular formula is C30H30ClN3O3S. The highest BCUT2D eigenvalue weighted by atomic mass is 35.5. The van der Waals surface area contributed by atoms with Gasteiger partial charge in [0.1, 0.15) is 4.90 Å². The highest BCUT2D eigenvalue weighted by Crippen LogP contribution is 2.31. The third-order valence-corrected chi connectivity index (χ3v) is 10.4. The van der Waals surface area contributed by atoms with Crippen LogP contribution in [0.1, 0.15) is 23.2 Å². The lowest BCUT2D eigenvalue weighted by Gasteiger charge is -2.42. The first kappa shape index (κ1) is 25.3. The maximum Gasteiger partial charge on any atom is 0.255 e. The molecule has 2 heterocycles. The molecule has 8 heteroatoms. The fourth-order valence-corrected chi connectivity index (χ4v) is 7.90. The van der Waals surface area contributed by atoms with Crippen molar-refractivity contribution in [3.8, 4) is 0 Å². The number of halogens is 1. The van der Waals surface area contributed by atoms with Crippen molar-refractivity contribution in [3.63, 3.8) is 0 Å². The number of amides is 1. The van der Waals surface area contributed by atoms with Gasteiger partial charge in [-0.15, -0.1) is 0 Å². The number of rotatable bonds is 4. The second-order valence-electron chi connectivity index (χ2n) is 10.1. The maximum atomic E-state index is 13.8. The molecule has 2 saturated heterocycles. The molecule has 4 aromatic carbocycles. The summed E-state index contributed by atoms with van der Waals surface area (Å²) >= 11 is 6.18. The van der Waals surface area contributed by atoms with E-state index in [1.807, 2.05) is 41.3 Å². The van der Waals surface area contributed by atoms with E-state index < -0.39 is 10.0 Å². The number of carbonyl (C=O) groups excluding carboxylic acids is 1. The van der Waals surface area contributed by atoms with Crippen molar-refractivity contribution in [1.29, 1.82) is 0 Å². The highest BCUT2D eigenvalue weighted by molar-refractivity contribution is 7.89. The quantitative estimate of drug-likeness (QED) is 0.327. The van der Waals surface area contributed by atoms with Crippen LogP contribution in [0.3, 0.4) is 0 Å². The number of fused-ring (bicyclic) bond motifs is 2. The monoisotopic (exact) mass is 547 g/mol. The van der Waals surface area contributed by atoms with Gasteiger partial charge in [0.25, 0.3) is 5.91 Å². The molecular weight excluding hydrogens is 518 g/mol. The first-order valence-corrected chi connectivity index (χ1v) is 14.9. The molecule has 2 aliphatic heterocycles. The number of piperidine rings is 1. The average Bonchev–Trinajstić information content (AvgIpc) is 2.96. The van der Waals surface area contributed by atoms with Gasteiger partial charge in [-0.1, -0.05) is 72.3 Å². The van der Waals surface area contributed by atoms with Crippen LogP contribution in [0.2, 0.25) is 5.02 Å². The first-order chi connectivity index (χ1) is 18.4. The van der Waals surface area contributed by atoms with Crippen LogP contribution in [-0.2, 0) is 10.0 Å². The molecule has 0 saturated carbocycles. The van der Waals surface area contributed by atoms with Gasteiger partial charge in [0.05, 0.1) is 10.6 Å². The Balaban J connectivity index is 1.13. The van der Waals surface area contributed by atoms with Gasteiger partial charge in [-0.2, -0.15) is 4.31 Å². The van der Waals surface area contributed by atoms with E-state index in [4.69, 9.17) is 11.6 Å². The van der Waals surface area contributed by atoms with Crippen molar-refractivity contribution in [2.24, 2.45) is 0 Å². The predicted molar refractivity (Wildman–Crippen MR) is 152 cm³/mol. The van der Waals surface area contributed by atoms with Crippen molar-refractivity contribution in [3.05, 3.63) is 89.4 Å². The zero-order valence-electron chi connectivity index (χ0n) is 21.1. The molecule has 0 atom stereocenters. The summed E-state index contributed by atoms with van der Waals surface area (Å²) in [5.74, 6) is 0.0818. The van der Waals surface area contributed by atoms with Crippen molar-refractivity contribution < 1.29 is 13.2 Å². The molecule has 0 aliphatic carbocycles. The zero-order valence-corrected chi connectivity index (χ0v) is 22.7. The molecule has 0 N–H and O–H groups in total. The van der Waals surface area contributed by atoms with E-state index in [9.17, 15) is 13.2 Å². The molecule has 6 nitrogen and oxygen atoms in total. The summed E-state index contributed by atoms with van der Waals surface area (Å²) in [4.78, 5) is 18.4. The van der Waals surface area contributed by atoms with Crippen molar-refractivity contribution in [2.45, 2.75) is 23.8 Å². The second kappa shape index (κ2) is 10.3. The molecule has 2 aliphatic rings. The second-order valence-corrected chi connectivity index (χ2v) is 12.4. The Hall–Kier alpha value is -2.97. The van der Waals surface area contributed by atoms with Gasteiger partial charge in [0.15, 0.2) is 0 Å². The van der Waals surface area contributed by atoms with Crippen molar-refractivity contribution in [2.75, 3.05) is 39.3 Å². The molecule has 38 heavy (non-hydrogen) atoms. The minimum Gasteiger partial charge on any atom is -0.336 e. The summed E-state index contributed by atoms with van der Waals surface area (Å²) in [5.41, 5.74) is 0.783. The zero-order chi connectivity index (χ0) is 26.3. The highest BCUT2D eigenvalue weighted by Gasteiger charge is 2.34. The minimum absolute atomic E-state index is 0.0818. The number of carbonyl (C=O) groups is 1. The molecule has 0 aromatic heterocycles. The van der Waals surface area contributed by atoms with E-state index in [-0.39, 0.29) is 15.8 Å². The van der Waals surface area contributed by atoms with Crippen LogP contribution in [0.4, 0.5) is 0 Å². The smallest absolute Gasteiger partial charge is 0.255 e. The molecule has 6 rings (SSSR count). The number of hydrogen-bond acceptors (Lipinski definition) is 4. The lowest BCUT2D eigenvalue weighted by Crippen LogP contribution is -2.54. The lowest BCUT2D eigenvalue weighted by atomic mass is 9.95. The third kappa shape index (κ3) is 4.58. The van der Waals surface area contributed by atoms with Gasteiger partial charge in [-0.05, 0) is 52.6 Å². The molecule has 1 amide bonds. The fraction of sp³-hybridized carbons (Fsp3) is 0.300. The van der Waals surface area contributed by atoms with Gasteiger partial charge in [0, 0.05) is 45.3 Å². The Morgan fingerprint density at radius 1 is 0.737 bits per heavy atom. The summed E-state index contributed by atoms with van der Waals surface area (Å²) in [5, 5.41) is 4.39. The normalized spacial score (nSPS) is 18.3. The van der Waals surface area contributed by atoms with Crippen LogP contribution in [0, 0.1) is 0 Å². The Morgan fingerprint density at radius 3 is 1.89 bits per heavy atom. The summed E-state index contributed by atoms with van der Waals surface area (Å²) in [6.45, 7) is 3.84. The predicted octanol–water partition coefficient (Wildman–Crippen LogP) is 5.26. The van der Waals surface area contributed by atoms with Gasteiger partial charge in [-0.3, -0.25) is 9.69 Å². The first-order valence-electron chi connectivity index (χ1n) is 13.1. The third-order valence-electron chi connectivity index (χ3n) is 7.98. The summed E-state index contributed by atoms with van der Waals surface area (Å²) in [6.07, 6.45) is 1.54. The minimum atomic E-state index is -3.60. The van der Waals surface area contributed by atoms with E-state index in [1.165, 1.54) is 0 Å². The van der Waals surface area contributed by atoms with Gasteiger partial charge in [-0.25, -0.2) is 8.42 Å². The topological polar surface area (TPSA) is 60.9 Å². The van der Waals surface area contributed by atoms with Crippen LogP contribution in [-0.4, -0.2) is 73.7 Å². The number of sulfonamides is 1. The molecule has 0 radical (unpaired) electrons. The summed E-state index contributed by atoms with van der Waals surface area (Å²) < 4.78 is 27.8. The van der Waals surface area contributed by atoms with E-state index in [1.54, 1.807) is 28.6 Å². The SMILES string of the molecule is O=C(c1c2ccccc2cc2ccccc12)N1CCN(C2CCN(S(=O)(=O)c3ccccc3Cl)CC2)CC1. The largest absolute Gasteiger partial charge is 0.336 e. The van der Waals surface area contributed by atoms with E-state index >= 15 is 0 Å². The standard InChI is InChI=1S/C30H30ClN3O3S/c31-27-11-5-6-12-28(27)38(36,37)34-15-13-24(14-16-34)32-17-19-33(20-18-32)30(35)29-25-9-3-1-7-22(25)21-23-8-2-4-10-26(23)29/h1-12,21,24H,13-20H2. The molecule has 196 valence electrons. The Labute approximate surface area is 228 Å². The molecule has 0 spiro atoms. The van der Waals surface area contributed by atoms with Crippen LogP contribution >= 0.6 is 11.6 Å². The Morgan fingerprint density at radius 2 is 1.29 bits per heavy atom. The van der Waals surface area contributed by atoms with Crippen LogP contribution in [0.15, 0.2) is 83.8 Å². The van der Waals surface area contributed by atoms with Crippen LogP contribution in [0.5, 0.6) is 0 Å². The van der Waals surface area contributed by atoms with Gasteiger partial charge in [0.2, 0.25) is 10.0 Å². The van der Waals surface area contributed by atoms with E-state index in [0.717, 1.165) is 53.0 Å². The summed E-state index contributed by atoms with van der Waals surface area (Å²) in [7, 11) is -3.60. The molecule has 0 bridgehead atoms. The van der Waals surface area contributed by atoms with Crippen molar-refractivity contribution >= 4 is 49.1 Å². The molecule has 0 unspecified atom stereocenters. The van der Waals surface area contributed by atoms with E-state index in [0.29, 0.717) is 32.2 Å². The summed E-state index contributed by atoms with van der Waals surface area (Å²) in [6, 6.07) is 25.3. The number of hydrogen-bond donors (Lipinski definition) is 0. The molecule has 4 aromatic rings.